The van der Waals surface area contributed by atoms with E-state index in [0.717, 1.165) is 52.0 Å². The van der Waals surface area contributed by atoms with E-state index in [0.29, 0.717) is 25.9 Å². The van der Waals surface area contributed by atoms with E-state index in [2.05, 4.69) is 15.5 Å². The summed E-state index contributed by atoms with van der Waals surface area (Å²) in [6.07, 6.45) is 3.87. The number of carbonyl (C=O) groups excluding carboxylic acids is 1. The Kier molecular flexibility index (Phi) is 7.93. The fraction of sp³-hybridized carbons (Fsp3) is 0.938. The number of nitrogens with zero attached hydrogens (tertiary/aromatic N) is 2. The van der Waals surface area contributed by atoms with Gasteiger partial charge in [0.25, 0.3) is 0 Å². The molecule has 2 aliphatic rings. The van der Waals surface area contributed by atoms with Crippen molar-refractivity contribution in [1.82, 2.24) is 19.8 Å². The van der Waals surface area contributed by atoms with Gasteiger partial charge in [-0.2, -0.15) is 4.31 Å². The molecular weight excluding hydrogens is 328 g/mol. The summed E-state index contributed by atoms with van der Waals surface area (Å²) >= 11 is 0. The molecule has 7 nitrogen and oxygen atoms in total. The SMILES string of the molecule is CCCS(=O)(=O)N1CCCCC1C(=O)NCCCN1CCNCC1. The maximum Gasteiger partial charge on any atom is 0.238 e. The molecule has 0 radical (unpaired) electrons. The molecule has 1 atom stereocenters. The number of piperidine rings is 1. The minimum atomic E-state index is -3.32. The molecule has 0 aliphatic carbocycles. The van der Waals surface area contributed by atoms with Crippen LogP contribution in [0.2, 0.25) is 0 Å². The monoisotopic (exact) mass is 360 g/mol. The van der Waals surface area contributed by atoms with Crippen LogP contribution in [-0.4, -0.2) is 81.1 Å². The summed E-state index contributed by atoms with van der Waals surface area (Å²) in [6.45, 7) is 8.08. The summed E-state index contributed by atoms with van der Waals surface area (Å²) in [5.74, 6) is -0.00514. The van der Waals surface area contributed by atoms with Gasteiger partial charge >= 0.3 is 0 Å². The average molecular weight is 361 g/mol. The fourth-order valence-electron chi connectivity index (χ4n) is 3.44. The second-order valence-electron chi connectivity index (χ2n) is 6.67. The number of carbonyl (C=O) groups is 1. The zero-order valence-corrected chi connectivity index (χ0v) is 15.6. The molecule has 2 N–H and O–H groups in total. The van der Waals surface area contributed by atoms with Crippen LogP contribution in [0.15, 0.2) is 0 Å². The predicted octanol–water partition coefficient (Wildman–Crippen LogP) is -0.00780. The number of hydrogen-bond acceptors (Lipinski definition) is 5. The maximum atomic E-state index is 12.5. The molecule has 1 unspecified atom stereocenters. The molecule has 1 amide bonds. The smallest absolute Gasteiger partial charge is 0.238 e. The van der Waals surface area contributed by atoms with E-state index in [1.807, 2.05) is 6.92 Å². The molecule has 2 rings (SSSR count). The first-order chi connectivity index (χ1) is 11.5. The standard InChI is InChI=1S/C16H32N4O3S/c1-2-14-24(22,23)20-11-4-3-6-15(20)16(21)18-7-5-10-19-12-8-17-9-13-19/h15,17H,2-14H2,1H3,(H,18,21). The summed E-state index contributed by atoms with van der Waals surface area (Å²) in [5, 5.41) is 6.27. The van der Waals surface area contributed by atoms with Crippen molar-refractivity contribution in [3.05, 3.63) is 0 Å². The summed E-state index contributed by atoms with van der Waals surface area (Å²) < 4.78 is 26.2. The normalized spacial score (nSPS) is 24.0. The van der Waals surface area contributed by atoms with Gasteiger partial charge in [0.2, 0.25) is 15.9 Å². The van der Waals surface area contributed by atoms with Crippen molar-refractivity contribution in [1.29, 1.82) is 0 Å². The lowest BCUT2D eigenvalue weighted by molar-refractivity contribution is -0.125. The van der Waals surface area contributed by atoms with Crippen LogP contribution < -0.4 is 10.6 Å². The Morgan fingerprint density at radius 2 is 1.96 bits per heavy atom. The van der Waals surface area contributed by atoms with Crippen molar-refractivity contribution in [2.24, 2.45) is 0 Å². The second-order valence-corrected chi connectivity index (χ2v) is 8.72. The molecule has 8 heteroatoms. The van der Waals surface area contributed by atoms with Crippen molar-refractivity contribution in [3.8, 4) is 0 Å². The van der Waals surface area contributed by atoms with Crippen molar-refractivity contribution < 1.29 is 13.2 Å². The van der Waals surface area contributed by atoms with E-state index in [4.69, 9.17) is 0 Å². The van der Waals surface area contributed by atoms with Crippen LogP contribution in [0.5, 0.6) is 0 Å². The number of nitrogens with one attached hydrogen (secondary N) is 2. The van der Waals surface area contributed by atoms with Crippen molar-refractivity contribution in [2.75, 3.05) is 51.6 Å². The van der Waals surface area contributed by atoms with Crippen LogP contribution in [0.1, 0.15) is 39.0 Å². The number of hydrogen-bond donors (Lipinski definition) is 2. The van der Waals surface area contributed by atoms with Crippen molar-refractivity contribution >= 4 is 15.9 Å². The van der Waals surface area contributed by atoms with Gasteiger partial charge in [-0.25, -0.2) is 8.42 Å². The zero-order chi connectivity index (χ0) is 17.4. The third-order valence-corrected chi connectivity index (χ3v) is 6.81. The fourth-order valence-corrected chi connectivity index (χ4v) is 5.19. The Hall–Kier alpha value is -0.700. The van der Waals surface area contributed by atoms with Crippen LogP contribution in [0.4, 0.5) is 0 Å². The zero-order valence-electron chi connectivity index (χ0n) is 14.8. The molecule has 2 saturated heterocycles. The van der Waals surface area contributed by atoms with E-state index < -0.39 is 16.1 Å². The molecule has 0 aromatic carbocycles. The van der Waals surface area contributed by atoms with Crippen LogP contribution in [0.25, 0.3) is 0 Å². The number of amides is 1. The molecule has 2 fully saturated rings. The van der Waals surface area contributed by atoms with Gasteiger partial charge in [0.1, 0.15) is 6.04 Å². The first kappa shape index (κ1) is 19.6. The van der Waals surface area contributed by atoms with Gasteiger partial charge in [-0.3, -0.25) is 4.79 Å². The van der Waals surface area contributed by atoms with Gasteiger partial charge in [-0.15, -0.1) is 0 Å². The molecular formula is C16H32N4O3S. The molecule has 24 heavy (non-hydrogen) atoms. The Balaban J connectivity index is 1.78. The van der Waals surface area contributed by atoms with E-state index in [-0.39, 0.29) is 11.7 Å². The Morgan fingerprint density at radius 1 is 1.21 bits per heavy atom. The highest BCUT2D eigenvalue weighted by atomic mass is 32.2. The summed E-state index contributed by atoms with van der Waals surface area (Å²) in [4.78, 5) is 14.9. The van der Waals surface area contributed by atoms with Crippen LogP contribution in [-0.2, 0) is 14.8 Å². The minimum Gasteiger partial charge on any atom is -0.355 e. The van der Waals surface area contributed by atoms with Gasteiger partial charge < -0.3 is 15.5 Å². The lowest BCUT2D eigenvalue weighted by Crippen LogP contribution is -2.52. The maximum absolute atomic E-state index is 12.5. The van der Waals surface area contributed by atoms with Gasteiger partial charge in [0.05, 0.1) is 5.75 Å². The van der Waals surface area contributed by atoms with Crippen molar-refractivity contribution in [3.63, 3.8) is 0 Å². The highest BCUT2D eigenvalue weighted by Gasteiger charge is 2.35. The van der Waals surface area contributed by atoms with E-state index in [1.165, 1.54) is 4.31 Å². The summed E-state index contributed by atoms with van der Waals surface area (Å²) in [5.41, 5.74) is 0. The Labute approximate surface area is 146 Å². The van der Waals surface area contributed by atoms with Gasteiger partial charge in [-0.1, -0.05) is 13.3 Å². The first-order valence-electron chi connectivity index (χ1n) is 9.25. The van der Waals surface area contributed by atoms with E-state index in [9.17, 15) is 13.2 Å². The molecule has 140 valence electrons. The molecule has 0 aromatic rings. The number of sulfonamides is 1. The molecule has 2 heterocycles. The Morgan fingerprint density at radius 3 is 2.67 bits per heavy atom. The van der Waals surface area contributed by atoms with Gasteiger partial charge in [-0.05, 0) is 32.2 Å². The minimum absolute atomic E-state index is 0.125. The summed E-state index contributed by atoms with van der Waals surface area (Å²) in [6, 6.07) is -0.519. The highest BCUT2D eigenvalue weighted by Crippen LogP contribution is 2.21. The summed E-state index contributed by atoms with van der Waals surface area (Å²) in [7, 11) is -3.32. The lowest BCUT2D eigenvalue weighted by atomic mass is 10.0. The highest BCUT2D eigenvalue weighted by molar-refractivity contribution is 7.89. The molecule has 2 aliphatic heterocycles. The largest absolute Gasteiger partial charge is 0.355 e. The third kappa shape index (κ3) is 5.68. The molecule has 0 bridgehead atoms. The van der Waals surface area contributed by atoms with E-state index >= 15 is 0 Å². The molecule has 0 spiro atoms. The third-order valence-electron chi connectivity index (χ3n) is 4.74. The molecule has 0 saturated carbocycles. The molecule has 0 aromatic heterocycles. The van der Waals surface area contributed by atoms with Crippen molar-refractivity contribution in [2.45, 2.75) is 45.1 Å². The second kappa shape index (κ2) is 9.70. The van der Waals surface area contributed by atoms with Gasteiger partial charge in [0.15, 0.2) is 0 Å². The van der Waals surface area contributed by atoms with Crippen LogP contribution in [0.3, 0.4) is 0 Å². The lowest BCUT2D eigenvalue weighted by Gasteiger charge is -2.33. The number of piperazine rings is 1. The van der Waals surface area contributed by atoms with Crippen LogP contribution >= 0.6 is 0 Å². The van der Waals surface area contributed by atoms with E-state index in [1.54, 1.807) is 0 Å². The predicted molar refractivity (Wildman–Crippen MR) is 95.4 cm³/mol. The average Bonchev–Trinajstić information content (AvgIpc) is 2.59. The quantitative estimate of drug-likeness (QED) is 0.595. The van der Waals surface area contributed by atoms with Crippen LogP contribution in [0, 0.1) is 0 Å². The Bertz CT molecular complexity index is 492. The van der Waals surface area contributed by atoms with Gasteiger partial charge in [0, 0.05) is 39.3 Å². The number of rotatable bonds is 8. The first-order valence-corrected chi connectivity index (χ1v) is 10.9. The topological polar surface area (TPSA) is 81.8 Å².